The number of thioether (sulfide) groups is 1. The topological polar surface area (TPSA) is 71.8 Å². The van der Waals surface area contributed by atoms with Gasteiger partial charge in [0.15, 0.2) is 0 Å². The Morgan fingerprint density at radius 3 is 2.80 bits per heavy atom. The van der Waals surface area contributed by atoms with Crippen LogP contribution in [0.1, 0.15) is 31.2 Å². The normalized spacial score (nSPS) is 11.0. The van der Waals surface area contributed by atoms with Crippen molar-refractivity contribution in [1.29, 1.82) is 0 Å². The second-order valence-electron chi connectivity index (χ2n) is 4.71. The van der Waals surface area contributed by atoms with Crippen LogP contribution in [0.2, 0.25) is 0 Å². The molecule has 3 N–H and O–H groups in total. The Hall–Kier alpha value is -1.82. The molecule has 0 unspecified atom stereocenters. The van der Waals surface area contributed by atoms with Crippen molar-refractivity contribution in [3.8, 4) is 0 Å². The van der Waals surface area contributed by atoms with Gasteiger partial charge in [-0.3, -0.25) is 4.79 Å². The van der Waals surface area contributed by atoms with E-state index >= 15 is 0 Å². The van der Waals surface area contributed by atoms with E-state index in [1.165, 1.54) is 23.9 Å². The van der Waals surface area contributed by atoms with Crippen LogP contribution in [0.3, 0.4) is 0 Å². The molecule has 0 saturated carbocycles. The third-order valence-electron chi connectivity index (χ3n) is 2.78. The highest BCUT2D eigenvalue weighted by Gasteiger charge is 2.12. The molecule has 0 aliphatic carbocycles. The number of H-pyrrole nitrogens is 1. The molecular formula is C14H16FN3OS. The first-order chi connectivity index (χ1) is 9.47. The zero-order valence-electron chi connectivity index (χ0n) is 11.3. The number of benzene rings is 1. The SMILES string of the molecule is CC(C)c1c(N)nc(CSc2cccc(F)c2)[nH]c1=O. The maximum absolute atomic E-state index is 13.1. The standard InChI is InChI=1S/C14H16FN3OS/c1-8(2)12-13(16)17-11(18-14(12)19)7-20-10-5-3-4-9(15)6-10/h3-6,8H,7H2,1-2H3,(H3,16,17,18,19). The maximum Gasteiger partial charge on any atom is 0.256 e. The largest absolute Gasteiger partial charge is 0.383 e. The van der Waals surface area contributed by atoms with Gasteiger partial charge in [0, 0.05) is 4.90 Å². The van der Waals surface area contributed by atoms with Crippen molar-refractivity contribution in [2.24, 2.45) is 0 Å². The lowest BCUT2D eigenvalue weighted by Gasteiger charge is -2.09. The molecule has 0 aliphatic rings. The Balaban J connectivity index is 2.17. The summed E-state index contributed by atoms with van der Waals surface area (Å²) in [5.74, 6) is 0.924. The highest BCUT2D eigenvalue weighted by atomic mass is 32.2. The van der Waals surface area contributed by atoms with Crippen molar-refractivity contribution >= 4 is 17.6 Å². The summed E-state index contributed by atoms with van der Waals surface area (Å²) < 4.78 is 13.1. The minimum Gasteiger partial charge on any atom is -0.383 e. The number of anilines is 1. The molecule has 0 radical (unpaired) electrons. The van der Waals surface area contributed by atoms with E-state index in [-0.39, 0.29) is 23.1 Å². The summed E-state index contributed by atoms with van der Waals surface area (Å²) in [7, 11) is 0. The number of nitrogen functional groups attached to an aromatic ring is 1. The number of nitrogens with zero attached hydrogens (tertiary/aromatic N) is 1. The molecule has 0 bridgehead atoms. The summed E-state index contributed by atoms with van der Waals surface area (Å²) in [6.07, 6.45) is 0. The summed E-state index contributed by atoms with van der Waals surface area (Å²) in [5.41, 5.74) is 6.11. The van der Waals surface area contributed by atoms with Gasteiger partial charge in [-0.1, -0.05) is 19.9 Å². The molecule has 2 aromatic rings. The summed E-state index contributed by atoms with van der Waals surface area (Å²) in [4.78, 5) is 19.6. The van der Waals surface area contributed by atoms with Crippen LogP contribution in [0.4, 0.5) is 10.2 Å². The quantitative estimate of drug-likeness (QED) is 0.850. The second kappa shape index (κ2) is 6.09. The third kappa shape index (κ3) is 3.39. The number of hydrogen-bond acceptors (Lipinski definition) is 4. The van der Waals surface area contributed by atoms with Crippen LogP contribution in [-0.2, 0) is 5.75 Å². The van der Waals surface area contributed by atoms with E-state index in [0.717, 1.165) is 4.90 Å². The molecule has 0 saturated heterocycles. The molecular weight excluding hydrogens is 277 g/mol. The van der Waals surface area contributed by atoms with Gasteiger partial charge in [0.2, 0.25) is 0 Å². The first-order valence-corrected chi connectivity index (χ1v) is 7.23. The Morgan fingerprint density at radius 2 is 2.20 bits per heavy atom. The number of aromatic amines is 1. The number of nitrogens with two attached hydrogens (primary N) is 1. The lowest BCUT2D eigenvalue weighted by molar-refractivity contribution is 0.624. The molecule has 1 aromatic carbocycles. The van der Waals surface area contributed by atoms with Gasteiger partial charge in [-0.15, -0.1) is 11.8 Å². The van der Waals surface area contributed by atoms with E-state index < -0.39 is 0 Å². The molecule has 2 rings (SSSR count). The van der Waals surface area contributed by atoms with Crippen molar-refractivity contribution < 1.29 is 4.39 Å². The van der Waals surface area contributed by atoms with E-state index in [0.29, 0.717) is 17.1 Å². The zero-order valence-corrected chi connectivity index (χ0v) is 12.1. The maximum atomic E-state index is 13.1. The van der Waals surface area contributed by atoms with Crippen LogP contribution in [0, 0.1) is 5.82 Å². The number of rotatable bonds is 4. The van der Waals surface area contributed by atoms with Gasteiger partial charge in [-0.25, -0.2) is 9.37 Å². The Kier molecular flexibility index (Phi) is 4.44. The van der Waals surface area contributed by atoms with Gasteiger partial charge in [0.25, 0.3) is 5.56 Å². The van der Waals surface area contributed by atoms with E-state index in [1.807, 2.05) is 13.8 Å². The smallest absolute Gasteiger partial charge is 0.256 e. The predicted octanol–water partition coefficient (Wildman–Crippen LogP) is 2.91. The van der Waals surface area contributed by atoms with Crippen LogP contribution < -0.4 is 11.3 Å². The minimum atomic E-state index is -0.286. The molecule has 0 atom stereocenters. The number of hydrogen-bond donors (Lipinski definition) is 2. The van der Waals surface area contributed by atoms with Crippen molar-refractivity contribution in [2.45, 2.75) is 30.4 Å². The Bertz CT molecular complexity index is 670. The van der Waals surface area contributed by atoms with Crippen LogP contribution in [-0.4, -0.2) is 9.97 Å². The average Bonchev–Trinajstić information content (AvgIpc) is 2.35. The molecule has 1 heterocycles. The van der Waals surface area contributed by atoms with Crippen molar-refractivity contribution in [3.05, 3.63) is 51.8 Å². The first-order valence-electron chi connectivity index (χ1n) is 6.24. The fourth-order valence-corrected chi connectivity index (χ4v) is 2.69. The molecule has 20 heavy (non-hydrogen) atoms. The van der Waals surface area contributed by atoms with Gasteiger partial charge >= 0.3 is 0 Å². The summed E-state index contributed by atoms with van der Waals surface area (Å²) >= 11 is 1.39. The summed E-state index contributed by atoms with van der Waals surface area (Å²) in [6, 6.07) is 6.27. The molecule has 106 valence electrons. The molecule has 6 heteroatoms. The summed E-state index contributed by atoms with van der Waals surface area (Å²) in [6.45, 7) is 3.79. The number of aromatic nitrogens is 2. The second-order valence-corrected chi connectivity index (χ2v) is 5.76. The van der Waals surface area contributed by atoms with Gasteiger partial charge < -0.3 is 10.7 Å². The Labute approximate surface area is 120 Å². The van der Waals surface area contributed by atoms with E-state index in [1.54, 1.807) is 12.1 Å². The van der Waals surface area contributed by atoms with E-state index in [4.69, 9.17) is 5.73 Å². The monoisotopic (exact) mass is 293 g/mol. The van der Waals surface area contributed by atoms with Crippen molar-refractivity contribution in [2.75, 3.05) is 5.73 Å². The molecule has 0 amide bonds. The van der Waals surface area contributed by atoms with Gasteiger partial charge in [0.05, 0.1) is 11.3 Å². The molecule has 0 fully saturated rings. The van der Waals surface area contributed by atoms with Crippen LogP contribution in [0.5, 0.6) is 0 Å². The fourth-order valence-electron chi connectivity index (χ4n) is 1.88. The number of halogens is 1. The van der Waals surface area contributed by atoms with Crippen LogP contribution in [0.25, 0.3) is 0 Å². The van der Waals surface area contributed by atoms with E-state index in [2.05, 4.69) is 9.97 Å². The molecule has 4 nitrogen and oxygen atoms in total. The lowest BCUT2D eigenvalue weighted by Crippen LogP contribution is -2.20. The average molecular weight is 293 g/mol. The van der Waals surface area contributed by atoms with Gasteiger partial charge in [-0.05, 0) is 24.1 Å². The molecule has 0 aliphatic heterocycles. The minimum absolute atomic E-state index is 0.0242. The number of nitrogens with one attached hydrogen (secondary N) is 1. The highest BCUT2D eigenvalue weighted by molar-refractivity contribution is 7.98. The fraction of sp³-hybridized carbons (Fsp3) is 0.286. The van der Waals surface area contributed by atoms with Crippen LogP contribution >= 0.6 is 11.8 Å². The lowest BCUT2D eigenvalue weighted by atomic mass is 10.1. The molecule has 1 aromatic heterocycles. The molecule has 0 spiro atoms. The van der Waals surface area contributed by atoms with Gasteiger partial charge in [0.1, 0.15) is 17.5 Å². The highest BCUT2D eigenvalue weighted by Crippen LogP contribution is 2.22. The van der Waals surface area contributed by atoms with Crippen LogP contribution in [0.15, 0.2) is 34.0 Å². The van der Waals surface area contributed by atoms with Crippen molar-refractivity contribution in [1.82, 2.24) is 9.97 Å². The van der Waals surface area contributed by atoms with Gasteiger partial charge in [-0.2, -0.15) is 0 Å². The zero-order chi connectivity index (χ0) is 14.7. The first kappa shape index (κ1) is 14.6. The van der Waals surface area contributed by atoms with E-state index in [9.17, 15) is 9.18 Å². The van der Waals surface area contributed by atoms with Crippen molar-refractivity contribution in [3.63, 3.8) is 0 Å². The predicted molar refractivity (Wildman–Crippen MR) is 79.3 cm³/mol. The third-order valence-corrected chi connectivity index (χ3v) is 3.79. The Morgan fingerprint density at radius 1 is 1.45 bits per heavy atom. The summed E-state index contributed by atoms with van der Waals surface area (Å²) in [5, 5.41) is 0.